The zero-order valence-corrected chi connectivity index (χ0v) is 16.9. The van der Waals surface area contributed by atoms with Gasteiger partial charge in [-0.2, -0.15) is 26.3 Å². The number of nitrogens with one attached hydrogen (secondary N) is 1. The van der Waals surface area contributed by atoms with Crippen LogP contribution < -0.4 is 0 Å². The Balaban J connectivity index is 0.000000193. The summed E-state index contributed by atoms with van der Waals surface area (Å²) in [5.74, 6) is -0.505. The van der Waals surface area contributed by atoms with E-state index >= 15 is 0 Å². The standard InChI is InChI=1S/C13H12F3NO2.C9H6F3N/c1-8(12(18)19-2)17-6-5-9-3-4-10(7-11(9)17)13(14,15)16;10-9(11,12)7-2-1-6-3-4-13-8(6)5-7/h3-8H,1-2H3;1-5,13H. The molecule has 2 heterocycles. The first-order valence-corrected chi connectivity index (χ1v) is 9.32. The molecule has 0 radical (unpaired) electrons. The number of alkyl halides is 6. The molecule has 0 aliphatic rings. The van der Waals surface area contributed by atoms with E-state index in [2.05, 4.69) is 9.72 Å². The van der Waals surface area contributed by atoms with E-state index in [1.165, 1.54) is 23.8 Å². The van der Waals surface area contributed by atoms with Crippen molar-refractivity contribution in [1.82, 2.24) is 9.55 Å². The van der Waals surface area contributed by atoms with E-state index in [0.29, 0.717) is 16.4 Å². The van der Waals surface area contributed by atoms with Crippen LogP contribution in [0, 0.1) is 0 Å². The van der Waals surface area contributed by atoms with E-state index in [1.807, 2.05) is 0 Å². The minimum atomic E-state index is -4.40. The number of hydrogen-bond acceptors (Lipinski definition) is 2. The van der Waals surface area contributed by atoms with Crippen molar-refractivity contribution >= 4 is 27.8 Å². The molecule has 170 valence electrons. The average Bonchev–Trinajstić information content (AvgIpc) is 3.37. The quantitative estimate of drug-likeness (QED) is 0.274. The monoisotopic (exact) mass is 456 g/mol. The second-order valence-electron chi connectivity index (χ2n) is 6.97. The summed E-state index contributed by atoms with van der Waals surface area (Å²) in [6.45, 7) is 1.57. The molecular weight excluding hydrogens is 438 g/mol. The minimum Gasteiger partial charge on any atom is -0.467 e. The highest BCUT2D eigenvalue weighted by Gasteiger charge is 2.31. The number of ether oxygens (including phenoxy) is 1. The first-order valence-electron chi connectivity index (χ1n) is 9.32. The molecule has 4 nitrogen and oxygen atoms in total. The van der Waals surface area contributed by atoms with Crippen molar-refractivity contribution in [2.75, 3.05) is 7.11 Å². The Morgan fingerprint density at radius 2 is 1.50 bits per heavy atom. The number of esters is 1. The second kappa shape index (κ2) is 8.60. The number of methoxy groups -OCH3 is 1. The Morgan fingerprint density at radius 1 is 0.906 bits per heavy atom. The highest BCUT2D eigenvalue weighted by molar-refractivity contribution is 5.84. The van der Waals surface area contributed by atoms with Crippen LogP contribution in [0.4, 0.5) is 26.3 Å². The van der Waals surface area contributed by atoms with Crippen molar-refractivity contribution < 1.29 is 35.9 Å². The SMILES string of the molecule is COC(=O)C(C)n1ccc2ccc(C(F)(F)F)cc21.FC(F)(F)c1ccc2cc[nH]c2c1. The van der Waals surface area contributed by atoms with E-state index in [1.54, 1.807) is 31.5 Å². The van der Waals surface area contributed by atoms with Crippen molar-refractivity contribution in [3.8, 4) is 0 Å². The lowest BCUT2D eigenvalue weighted by Gasteiger charge is -2.14. The third-order valence-corrected chi connectivity index (χ3v) is 4.89. The number of H-pyrrole nitrogens is 1. The predicted molar refractivity (Wildman–Crippen MR) is 107 cm³/mol. The summed E-state index contributed by atoms with van der Waals surface area (Å²) < 4.78 is 80.7. The van der Waals surface area contributed by atoms with Crippen molar-refractivity contribution in [2.24, 2.45) is 0 Å². The molecule has 1 N–H and O–H groups in total. The van der Waals surface area contributed by atoms with Gasteiger partial charge in [-0.1, -0.05) is 12.1 Å². The number of benzene rings is 2. The van der Waals surface area contributed by atoms with E-state index in [0.717, 1.165) is 29.7 Å². The summed E-state index contributed by atoms with van der Waals surface area (Å²) in [5, 5.41) is 1.43. The fraction of sp³-hybridized carbons (Fsp3) is 0.227. The van der Waals surface area contributed by atoms with Crippen LogP contribution in [0.1, 0.15) is 24.1 Å². The lowest BCUT2D eigenvalue weighted by atomic mass is 10.1. The molecular formula is C22H18F6N2O2. The Hall–Kier alpha value is -3.43. The summed E-state index contributed by atoms with van der Waals surface area (Å²) in [4.78, 5) is 14.2. The lowest BCUT2D eigenvalue weighted by molar-refractivity contribution is -0.144. The van der Waals surface area contributed by atoms with Crippen molar-refractivity contribution in [3.63, 3.8) is 0 Å². The van der Waals surface area contributed by atoms with Crippen molar-refractivity contribution in [3.05, 3.63) is 72.1 Å². The fourth-order valence-electron chi connectivity index (χ4n) is 3.17. The van der Waals surface area contributed by atoms with E-state index in [-0.39, 0.29) is 0 Å². The number of halogens is 6. The number of carbonyl (C=O) groups excluding carboxylic acids is 1. The summed E-state index contributed by atoms with van der Waals surface area (Å²) in [6, 6.07) is 9.80. The first-order chi connectivity index (χ1) is 14.9. The third kappa shape index (κ3) is 4.90. The van der Waals surface area contributed by atoms with Gasteiger partial charge in [0.15, 0.2) is 0 Å². The summed E-state index contributed by atoms with van der Waals surface area (Å²) in [7, 11) is 1.24. The van der Waals surface area contributed by atoms with Gasteiger partial charge in [0.05, 0.1) is 18.2 Å². The molecule has 0 aliphatic carbocycles. The second-order valence-corrected chi connectivity index (χ2v) is 6.97. The van der Waals surface area contributed by atoms with Gasteiger partial charge in [-0.25, -0.2) is 4.79 Å². The molecule has 0 bridgehead atoms. The Labute approximate surface area is 178 Å². The van der Waals surface area contributed by atoms with Gasteiger partial charge in [-0.05, 0) is 54.1 Å². The number of fused-ring (bicyclic) bond motifs is 2. The van der Waals surface area contributed by atoms with Crippen LogP contribution in [-0.2, 0) is 21.9 Å². The molecule has 10 heteroatoms. The molecule has 0 saturated carbocycles. The van der Waals surface area contributed by atoms with Crippen LogP contribution in [0.25, 0.3) is 21.8 Å². The van der Waals surface area contributed by atoms with Crippen LogP contribution >= 0.6 is 0 Å². The fourth-order valence-corrected chi connectivity index (χ4v) is 3.17. The predicted octanol–water partition coefficient (Wildman–Crippen LogP) is 6.58. The number of aromatic nitrogens is 2. The van der Waals surface area contributed by atoms with Crippen molar-refractivity contribution in [2.45, 2.75) is 25.3 Å². The van der Waals surface area contributed by atoms with Gasteiger partial charge in [0.1, 0.15) is 6.04 Å². The molecule has 0 aliphatic heterocycles. The highest BCUT2D eigenvalue weighted by Crippen LogP contribution is 2.33. The molecule has 32 heavy (non-hydrogen) atoms. The van der Waals surface area contributed by atoms with Gasteiger partial charge >= 0.3 is 18.3 Å². The first kappa shape index (κ1) is 23.2. The topological polar surface area (TPSA) is 47.0 Å². The van der Waals surface area contributed by atoms with Crippen LogP contribution in [-0.4, -0.2) is 22.6 Å². The zero-order valence-electron chi connectivity index (χ0n) is 16.9. The molecule has 4 rings (SSSR count). The third-order valence-electron chi connectivity index (χ3n) is 4.89. The summed E-state index contributed by atoms with van der Waals surface area (Å²) in [5.41, 5.74) is -0.498. The molecule has 0 amide bonds. The van der Waals surface area contributed by atoms with Gasteiger partial charge in [0.2, 0.25) is 0 Å². The van der Waals surface area contributed by atoms with E-state index in [4.69, 9.17) is 0 Å². The zero-order chi connectivity index (χ0) is 23.7. The molecule has 0 fully saturated rings. The molecule has 0 spiro atoms. The molecule has 1 unspecified atom stereocenters. The van der Waals surface area contributed by atoms with Crippen LogP contribution in [0.3, 0.4) is 0 Å². The Morgan fingerprint density at radius 3 is 2.09 bits per heavy atom. The maximum absolute atomic E-state index is 12.7. The molecule has 0 saturated heterocycles. The Bertz CT molecular complexity index is 1240. The van der Waals surface area contributed by atoms with Gasteiger partial charge in [-0.15, -0.1) is 0 Å². The van der Waals surface area contributed by atoms with Crippen LogP contribution in [0.15, 0.2) is 60.9 Å². The highest BCUT2D eigenvalue weighted by atomic mass is 19.4. The van der Waals surface area contributed by atoms with Crippen molar-refractivity contribution in [1.29, 1.82) is 0 Å². The number of aromatic amines is 1. The van der Waals surface area contributed by atoms with Gasteiger partial charge < -0.3 is 14.3 Å². The normalized spacial score (nSPS) is 13.0. The van der Waals surface area contributed by atoms with Gasteiger partial charge in [-0.3, -0.25) is 0 Å². The van der Waals surface area contributed by atoms with Gasteiger partial charge in [0, 0.05) is 23.4 Å². The van der Waals surface area contributed by atoms with E-state index in [9.17, 15) is 31.1 Å². The maximum atomic E-state index is 12.7. The summed E-state index contributed by atoms with van der Waals surface area (Å²) in [6.07, 6.45) is -5.48. The number of carbonyl (C=O) groups is 1. The molecule has 1 atom stereocenters. The van der Waals surface area contributed by atoms with Crippen LogP contribution in [0.2, 0.25) is 0 Å². The minimum absolute atomic E-state index is 0.354. The number of hydrogen-bond donors (Lipinski definition) is 1. The Kier molecular flexibility index (Phi) is 6.25. The largest absolute Gasteiger partial charge is 0.467 e. The molecule has 2 aromatic heterocycles. The average molecular weight is 456 g/mol. The number of nitrogens with zero attached hydrogens (tertiary/aromatic N) is 1. The molecule has 2 aromatic carbocycles. The summed E-state index contributed by atoms with van der Waals surface area (Å²) >= 11 is 0. The molecule has 4 aromatic rings. The van der Waals surface area contributed by atoms with E-state index < -0.39 is 35.5 Å². The number of rotatable bonds is 2. The van der Waals surface area contributed by atoms with Crippen LogP contribution in [0.5, 0.6) is 0 Å². The maximum Gasteiger partial charge on any atom is 0.416 e. The smallest absolute Gasteiger partial charge is 0.416 e. The lowest BCUT2D eigenvalue weighted by Crippen LogP contribution is -2.17. The van der Waals surface area contributed by atoms with Gasteiger partial charge in [0.25, 0.3) is 0 Å².